The normalized spacial score (nSPS) is 16.8. The van der Waals surface area contributed by atoms with E-state index in [1.165, 1.54) is 56.1 Å². The number of fused-ring (bicyclic) bond motifs is 1. The molecule has 0 saturated carbocycles. The van der Waals surface area contributed by atoms with Crippen molar-refractivity contribution < 1.29 is 63.2 Å². The van der Waals surface area contributed by atoms with Gasteiger partial charge in [-0.25, -0.2) is 19.6 Å². The van der Waals surface area contributed by atoms with Gasteiger partial charge in [-0.3, -0.25) is 28.9 Å². The topological polar surface area (TPSA) is 287 Å². The Morgan fingerprint density at radius 2 is 1.76 bits per heavy atom. The van der Waals surface area contributed by atoms with E-state index in [9.17, 15) is 48.9 Å². The van der Waals surface area contributed by atoms with E-state index in [0.29, 0.717) is 20.4 Å². The second kappa shape index (κ2) is 16.5. The van der Waals surface area contributed by atoms with E-state index in [0.717, 1.165) is 46.3 Å². The predicted molar refractivity (Wildman–Crippen MR) is 198 cm³/mol. The molecule has 290 valence electrons. The molecule has 2 aliphatic heterocycles. The maximum atomic E-state index is 13.4. The van der Waals surface area contributed by atoms with Crippen molar-refractivity contribution in [1.82, 2.24) is 20.2 Å². The molecule has 2 amide bonds. The number of thiazole rings is 2. The van der Waals surface area contributed by atoms with Crippen molar-refractivity contribution in [2.45, 2.75) is 55.5 Å². The lowest BCUT2D eigenvalue weighted by molar-refractivity contribution is -0.161. The summed E-state index contributed by atoms with van der Waals surface area (Å²) in [6.07, 6.45) is -0.413. The Labute approximate surface area is 326 Å². The number of esters is 2. The van der Waals surface area contributed by atoms with E-state index >= 15 is 0 Å². The molecular weight excluding hydrogens is 805 g/mol. The number of benzene rings is 1. The summed E-state index contributed by atoms with van der Waals surface area (Å²) >= 11 is 4.34. The maximum Gasteiger partial charge on any atom is 0.352 e. The van der Waals surface area contributed by atoms with Gasteiger partial charge in [0.2, 0.25) is 5.60 Å². The van der Waals surface area contributed by atoms with Gasteiger partial charge < -0.3 is 40.7 Å². The van der Waals surface area contributed by atoms with Crippen LogP contribution in [-0.4, -0.2) is 106 Å². The van der Waals surface area contributed by atoms with Gasteiger partial charge in [0.05, 0.1) is 12.1 Å². The number of nitrogen functional groups attached to an aromatic ring is 1. The van der Waals surface area contributed by atoms with E-state index in [1.807, 2.05) is 0 Å². The number of amides is 2. The van der Waals surface area contributed by atoms with E-state index in [4.69, 9.17) is 20.0 Å². The number of nitrogens with one attached hydrogen (secondary N) is 1. The van der Waals surface area contributed by atoms with Crippen molar-refractivity contribution in [2.75, 3.05) is 17.2 Å². The fourth-order valence-electron chi connectivity index (χ4n) is 4.96. The molecule has 1 fully saturated rings. The molecule has 2 aliphatic rings. The summed E-state index contributed by atoms with van der Waals surface area (Å²) in [5.74, 6) is -6.86. The van der Waals surface area contributed by atoms with E-state index in [-0.39, 0.29) is 45.2 Å². The maximum absolute atomic E-state index is 13.4. The smallest absolute Gasteiger partial charge is 0.352 e. The summed E-state index contributed by atoms with van der Waals surface area (Å²) in [6, 6.07) is 3.09. The highest BCUT2D eigenvalue weighted by molar-refractivity contribution is 8.01. The molecular formula is C32H30N6O13S4. The number of carbonyl (C=O) groups excluding carboxylic acids is 4. The van der Waals surface area contributed by atoms with Crippen LogP contribution in [0.2, 0.25) is 0 Å². The molecule has 6 N–H and O–H groups in total. The van der Waals surface area contributed by atoms with Crippen LogP contribution in [0.15, 0.2) is 44.3 Å². The summed E-state index contributed by atoms with van der Waals surface area (Å²) in [5, 5.41) is 36.1. The molecule has 1 aromatic carbocycles. The second-order valence-electron chi connectivity index (χ2n) is 12.0. The summed E-state index contributed by atoms with van der Waals surface area (Å²) in [6.45, 7) is 4.75. The molecule has 19 nitrogen and oxygen atoms in total. The van der Waals surface area contributed by atoms with Gasteiger partial charge in [-0.15, -0.1) is 34.4 Å². The Hall–Kier alpha value is -5.52. The Kier molecular flexibility index (Phi) is 12.2. The minimum Gasteiger partial charge on any atom is -0.481 e. The molecule has 0 unspecified atom stereocenters. The van der Waals surface area contributed by atoms with Crippen molar-refractivity contribution in [3.05, 3.63) is 45.4 Å². The van der Waals surface area contributed by atoms with E-state index < -0.39 is 70.8 Å². The number of aliphatic carboxylic acids is 3. The summed E-state index contributed by atoms with van der Waals surface area (Å²) < 4.78 is 10.7. The van der Waals surface area contributed by atoms with Crippen LogP contribution in [0.25, 0.3) is 11.3 Å². The summed E-state index contributed by atoms with van der Waals surface area (Å²) in [7, 11) is 0. The number of carboxylic acids is 3. The number of β-lactam (4-membered cyclic amide) rings is 1. The molecule has 2 atom stereocenters. The van der Waals surface area contributed by atoms with Gasteiger partial charge in [0.1, 0.15) is 22.8 Å². The third kappa shape index (κ3) is 9.24. The van der Waals surface area contributed by atoms with Crippen molar-refractivity contribution in [3.63, 3.8) is 0 Å². The first-order valence-electron chi connectivity index (χ1n) is 15.6. The number of aromatic nitrogens is 2. The molecule has 5 rings (SSSR count). The summed E-state index contributed by atoms with van der Waals surface area (Å²) in [4.78, 5) is 101. The molecule has 2 aromatic heterocycles. The molecule has 0 spiro atoms. The number of rotatable bonds is 15. The first-order chi connectivity index (χ1) is 25.9. The second-order valence-corrected chi connectivity index (χ2v) is 16.3. The zero-order valence-corrected chi connectivity index (χ0v) is 32.3. The number of nitrogens with two attached hydrogens (primary N) is 1. The molecule has 1 saturated heterocycles. The largest absolute Gasteiger partial charge is 0.481 e. The number of anilines is 1. The lowest BCUT2D eigenvalue weighted by Gasteiger charge is -2.49. The Morgan fingerprint density at radius 3 is 2.36 bits per heavy atom. The molecule has 0 bridgehead atoms. The van der Waals surface area contributed by atoms with Crippen LogP contribution in [0.1, 0.15) is 38.3 Å². The van der Waals surface area contributed by atoms with Crippen molar-refractivity contribution in [2.24, 2.45) is 5.16 Å². The fourth-order valence-corrected chi connectivity index (χ4v) is 9.19. The zero-order valence-electron chi connectivity index (χ0n) is 29.0. The van der Waals surface area contributed by atoms with Crippen molar-refractivity contribution in [3.8, 4) is 22.8 Å². The SMILES string of the molecule is CC(=O)Oc1ccc(-c2nc(SCC3=C(C(=O)O)N4C(=O)[C@@H](NC(=O)/C(=N\OC(C)(C)C(=O)O)c5csc(N)n5)[C@H]4SC3)sc2CC(=O)O)cc1OC(C)=O. The Morgan fingerprint density at radius 1 is 1.07 bits per heavy atom. The number of carbonyl (C=O) groups is 7. The Bertz CT molecular complexity index is 2180. The third-order valence-electron chi connectivity index (χ3n) is 7.48. The molecule has 55 heavy (non-hydrogen) atoms. The quantitative estimate of drug-likeness (QED) is 0.0367. The minimum absolute atomic E-state index is 0.0350. The molecule has 3 aromatic rings. The highest BCUT2D eigenvalue weighted by Gasteiger charge is 2.54. The van der Waals surface area contributed by atoms with Gasteiger partial charge in [0.25, 0.3) is 11.8 Å². The number of hydrogen-bond donors (Lipinski definition) is 5. The number of oxime groups is 1. The van der Waals surface area contributed by atoms with Gasteiger partial charge >= 0.3 is 29.8 Å². The van der Waals surface area contributed by atoms with E-state index in [2.05, 4.69) is 20.4 Å². The first kappa shape index (κ1) is 40.7. The molecule has 23 heteroatoms. The lowest BCUT2D eigenvalue weighted by Crippen LogP contribution is -2.71. The van der Waals surface area contributed by atoms with Crippen molar-refractivity contribution >= 4 is 98.7 Å². The Balaban J connectivity index is 1.36. The monoisotopic (exact) mass is 834 g/mol. The fraction of sp³-hybridized carbons (Fsp3) is 0.312. The van der Waals surface area contributed by atoms with Crippen LogP contribution in [0.4, 0.5) is 5.13 Å². The number of thioether (sulfide) groups is 2. The average molecular weight is 835 g/mol. The van der Waals surface area contributed by atoms with Gasteiger partial charge in [-0.2, -0.15) is 0 Å². The number of hydrogen-bond acceptors (Lipinski definition) is 18. The molecule has 4 heterocycles. The highest BCUT2D eigenvalue weighted by atomic mass is 32.2. The number of ether oxygens (including phenoxy) is 2. The minimum atomic E-state index is -1.82. The predicted octanol–water partition coefficient (Wildman–Crippen LogP) is 2.44. The first-order valence-corrected chi connectivity index (χ1v) is 19.4. The zero-order chi connectivity index (χ0) is 40.4. The van der Waals surface area contributed by atoms with Gasteiger partial charge in [-0.05, 0) is 37.6 Å². The van der Waals surface area contributed by atoms with Crippen LogP contribution in [0, 0.1) is 0 Å². The molecule has 0 radical (unpaired) electrons. The van der Waals surface area contributed by atoms with Crippen LogP contribution >= 0.6 is 46.2 Å². The molecule has 0 aliphatic carbocycles. The van der Waals surface area contributed by atoms with Gasteiger partial charge in [-0.1, -0.05) is 16.9 Å². The van der Waals surface area contributed by atoms with E-state index in [1.54, 1.807) is 0 Å². The highest BCUT2D eigenvalue weighted by Crippen LogP contribution is 2.43. The average Bonchev–Trinajstić information content (AvgIpc) is 3.71. The van der Waals surface area contributed by atoms with Gasteiger partial charge in [0, 0.05) is 41.2 Å². The summed E-state index contributed by atoms with van der Waals surface area (Å²) in [5.41, 5.74) is 4.09. The van der Waals surface area contributed by atoms with Crippen LogP contribution in [-0.2, 0) is 44.8 Å². The standard InChI is InChI=1S/C32H30N6O13S4/c1-12(39)49-17-6-5-14(7-18(17)50-13(2)40)21-19(8-20(41)42)55-31(36-21)54-10-15-9-52-27-23(26(44)38(27)24(15)28(45)46)35-25(43)22(16-11-53-30(33)34-16)37-51-32(3,4)29(47)48/h5-7,11,23,27H,8-10H2,1-4H3,(H2,33,34)(H,35,43)(H,41,42)(H,45,46)(H,47,48)/b37-22-/t23-,27-/m1/s1. The third-order valence-corrected chi connectivity index (χ3v) is 11.8. The van der Waals surface area contributed by atoms with Crippen LogP contribution in [0.3, 0.4) is 0 Å². The van der Waals surface area contributed by atoms with Crippen LogP contribution < -0.4 is 20.5 Å². The lowest BCUT2D eigenvalue weighted by atomic mass is 10.0. The van der Waals surface area contributed by atoms with Crippen LogP contribution in [0.5, 0.6) is 11.5 Å². The number of carboxylic acid groups (broad SMARTS) is 3. The number of nitrogens with zero attached hydrogens (tertiary/aromatic N) is 4. The van der Waals surface area contributed by atoms with Gasteiger partial charge in [0.15, 0.2) is 26.7 Å². The van der Waals surface area contributed by atoms with Crippen molar-refractivity contribution in [1.29, 1.82) is 0 Å².